The summed E-state index contributed by atoms with van der Waals surface area (Å²) in [5, 5.41) is 1.54. The maximum absolute atomic E-state index is 13.2. The smallest absolute Gasteiger partial charge is 0.129 e. The fraction of sp³-hybridized carbons (Fsp3) is 0.333. The molecule has 0 atom stereocenters. The molecule has 2 N–H and O–H groups in total. The topological polar surface area (TPSA) is 38.5 Å². The minimum absolute atomic E-state index is 0.302. The molecule has 0 bridgehead atoms. The van der Waals surface area contributed by atoms with Crippen LogP contribution in [0.25, 0.3) is 0 Å². The summed E-state index contributed by atoms with van der Waals surface area (Å²) in [5.74, 6) is -0.302. The molecule has 72 valence electrons. The lowest BCUT2D eigenvalue weighted by atomic mass is 10.2. The molecular weight excluding hydrogens is 171 g/mol. The molecule has 1 aromatic carbocycles. The molecule has 0 aromatic heterocycles. The molecule has 0 heterocycles. The molecule has 4 heteroatoms. The van der Waals surface area contributed by atoms with Crippen LogP contribution >= 0.6 is 0 Å². The van der Waals surface area contributed by atoms with E-state index in [-0.39, 0.29) is 5.82 Å². The zero-order chi connectivity index (χ0) is 9.84. The normalized spacial score (nSPS) is 10.8. The second-order valence-electron chi connectivity index (χ2n) is 2.82. The maximum Gasteiger partial charge on any atom is 0.129 e. The van der Waals surface area contributed by atoms with E-state index < -0.39 is 0 Å². The fourth-order valence-corrected chi connectivity index (χ4v) is 0.996. The van der Waals surface area contributed by atoms with Crippen LogP contribution in [0, 0.1) is 5.82 Å². The lowest BCUT2D eigenvalue weighted by Gasteiger charge is -2.13. The number of hydrogen-bond acceptors (Lipinski definition) is 3. The molecule has 0 aliphatic carbocycles. The van der Waals surface area contributed by atoms with Crippen molar-refractivity contribution in [3.63, 3.8) is 0 Å². The molecular formula is C9H13FN2O. The Labute approximate surface area is 76.9 Å². The van der Waals surface area contributed by atoms with Gasteiger partial charge in [0.15, 0.2) is 0 Å². The van der Waals surface area contributed by atoms with E-state index in [1.165, 1.54) is 18.2 Å². The van der Waals surface area contributed by atoms with Crippen molar-refractivity contribution in [2.24, 2.45) is 0 Å². The maximum atomic E-state index is 13.2. The number of benzene rings is 1. The summed E-state index contributed by atoms with van der Waals surface area (Å²) >= 11 is 0. The van der Waals surface area contributed by atoms with Gasteiger partial charge in [0.25, 0.3) is 0 Å². The lowest BCUT2D eigenvalue weighted by molar-refractivity contribution is -0.117. The van der Waals surface area contributed by atoms with Crippen LogP contribution in [0.5, 0.6) is 0 Å². The van der Waals surface area contributed by atoms with Crippen LogP contribution in [0.1, 0.15) is 5.56 Å². The molecule has 0 aliphatic heterocycles. The summed E-state index contributed by atoms with van der Waals surface area (Å²) in [4.78, 5) is 4.87. The SMILES string of the molecule is CON(C)Cc1ccc(N)cc1F. The van der Waals surface area contributed by atoms with Gasteiger partial charge in [-0.15, -0.1) is 0 Å². The first-order chi connectivity index (χ1) is 6.13. The van der Waals surface area contributed by atoms with Crippen LogP contribution in [0.15, 0.2) is 18.2 Å². The van der Waals surface area contributed by atoms with Crippen LogP contribution in [0.2, 0.25) is 0 Å². The second-order valence-corrected chi connectivity index (χ2v) is 2.82. The number of anilines is 1. The average Bonchev–Trinajstić information content (AvgIpc) is 2.09. The zero-order valence-electron chi connectivity index (χ0n) is 7.75. The monoisotopic (exact) mass is 184 g/mol. The Hall–Kier alpha value is -1.13. The van der Waals surface area contributed by atoms with Crippen LogP contribution in [-0.2, 0) is 11.4 Å². The Morgan fingerprint density at radius 1 is 1.54 bits per heavy atom. The van der Waals surface area contributed by atoms with Crippen molar-refractivity contribution in [3.05, 3.63) is 29.6 Å². The number of hydroxylamine groups is 2. The third-order valence-electron chi connectivity index (χ3n) is 1.78. The highest BCUT2D eigenvalue weighted by molar-refractivity contribution is 5.40. The molecule has 0 unspecified atom stereocenters. The third kappa shape index (κ3) is 2.68. The number of halogens is 1. The summed E-state index contributed by atoms with van der Waals surface area (Å²) in [5.41, 5.74) is 6.41. The molecule has 1 aromatic rings. The first kappa shape index (κ1) is 9.95. The largest absolute Gasteiger partial charge is 0.399 e. The van der Waals surface area contributed by atoms with Crippen LogP contribution in [-0.4, -0.2) is 19.2 Å². The van der Waals surface area contributed by atoms with Crippen molar-refractivity contribution in [2.75, 3.05) is 19.9 Å². The van der Waals surface area contributed by atoms with Gasteiger partial charge in [0.2, 0.25) is 0 Å². The quantitative estimate of drug-likeness (QED) is 0.570. The van der Waals surface area contributed by atoms with E-state index in [2.05, 4.69) is 0 Å². The van der Waals surface area contributed by atoms with Gasteiger partial charge < -0.3 is 10.6 Å². The van der Waals surface area contributed by atoms with E-state index in [9.17, 15) is 4.39 Å². The molecule has 0 spiro atoms. The highest BCUT2D eigenvalue weighted by Crippen LogP contribution is 2.13. The summed E-state index contributed by atoms with van der Waals surface area (Å²) < 4.78 is 13.2. The molecule has 1 rings (SSSR count). The van der Waals surface area contributed by atoms with Crippen LogP contribution in [0.3, 0.4) is 0 Å². The molecule has 0 saturated carbocycles. The van der Waals surface area contributed by atoms with Crippen molar-refractivity contribution in [2.45, 2.75) is 6.54 Å². The van der Waals surface area contributed by atoms with Crippen molar-refractivity contribution in [3.8, 4) is 0 Å². The minimum Gasteiger partial charge on any atom is -0.399 e. The van der Waals surface area contributed by atoms with Crippen LogP contribution < -0.4 is 5.73 Å². The van der Waals surface area contributed by atoms with Gasteiger partial charge in [-0.1, -0.05) is 6.07 Å². The summed E-state index contributed by atoms with van der Waals surface area (Å²) in [7, 11) is 3.27. The van der Waals surface area contributed by atoms with Gasteiger partial charge >= 0.3 is 0 Å². The standard InChI is InChI=1S/C9H13FN2O/c1-12(13-2)6-7-3-4-8(11)5-9(7)10/h3-5H,6,11H2,1-2H3. The van der Waals surface area contributed by atoms with E-state index >= 15 is 0 Å². The Morgan fingerprint density at radius 3 is 2.77 bits per heavy atom. The number of nitrogens with zero attached hydrogens (tertiary/aromatic N) is 1. The Morgan fingerprint density at radius 2 is 2.23 bits per heavy atom. The zero-order valence-corrected chi connectivity index (χ0v) is 7.75. The predicted octanol–water partition coefficient (Wildman–Crippen LogP) is 1.40. The number of nitrogen functional groups attached to an aromatic ring is 1. The first-order valence-electron chi connectivity index (χ1n) is 3.92. The molecule has 0 fully saturated rings. The van der Waals surface area contributed by atoms with Crippen LogP contribution in [0.4, 0.5) is 10.1 Å². The van der Waals surface area contributed by atoms with E-state index in [0.29, 0.717) is 17.8 Å². The van der Waals surface area contributed by atoms with Gasteiger partial charge in [-0.05, 0) is 12.1 Å². The lowest BCUT2D eigenvalue weighted by Crippen LogP contribution is -2.16. The third-order valence-corrected chi connectivity index (χ3v) is 1.78. The highest BCUT2D eigenvalue weighted by atomic mass is 19.1. The van der Waals surface area contributed by atoms with Crippen molar-refractivity contribution in [1.82, 2.24) is 5.06 Å². The van der Waals surface area contributed by atoms with Gasteiger partial charge in [-0.25, -0.2) is 4.39 Å². The number of nitrogens with two attached hydrogens (primary N) is 1. The summed E-state index contributed by atoms with van der Waals surface area (Å²) in [6.07, 6.45) is 0. The van der Waals surface area contributed by atoms with Crippen molar-refractivity contribution < 1.29 is 9.23 Å². The molecule has 0 radical (unpaired) electrons. The molecule has 3 nitrogen and oxygen atoms in total. The van der Waals surface area contributed by atoms with E-state index in [0.717, 1.165) is 0 Å². The molecule has 13 heavy (non-hydrogen) atoms. The Kier molecular flexibility index (Phi) is 3.22. The van der Waals surface area contributed by atoms with Gasteiger partial charge in [-0.3, -0.25) is 0 Å². The van der Waals surface area contributed by atoms with Gasteiger partial charge in [0, 0.05) is 18.3 Å². The predicted molar refractivity (Wildman–Crippen MR) is 49.3 cm³/mol. The Bertz CT molecular complexity index is 291. The average molecular weight is 184 g/mol. The second kappa shape index (κ2) is 4.20. The van der Waals surface area contributed by atoms with Crippen molar-refractivity contribution in [1.29, 1.82) is 0 Å². The van der Waals surface area contributed by atoms with Crippen molar-refractivity contribution >= 4 is 5.69 Å². The number of hydrogen-bond donors (Lipinski definition) is 1. The van der Waals surface area contributed by atoms with Gasteiger partial charge in [-0.2, -0.15) is 5.06 Å². The highest BCUT2D eigenvalue weighted by Gasteiger charge is 2.04. The van der Waals surface area contributed by atoms with E-state index in [4.69, 9.17) is 10.6 Å². The molecule has 0 amide bonds. The Balaban J connectivity index is 2.77. The number of rotatable bonds is 3. The summed E-state index contributed by atoms with van der Waals surface area (Å²) in [6, 6.07) is 4.63. The van der Waals surface area contributed by atoms with Gasteiger partial charge in [0.05, 0.1) is 13.7 Å². The minimum atomic E-state index is -0.302. The summed E-state index contributed by atoms with van der Waals surface area (Å²) in [6.45, 7) is 0.405. The molecule has 0 saturated heterocycles. The van der Waals surface area contributed by atoms with Gasteiger partial charge in [0.1, 0.15) is 5.82 Å². The first-order valence-corrected chi connectivity index (χ1v) is 3.92. The van der Waals surface area contributed by atoms with E-state index in [1.54, 1.807) is 19.2 Å². The fourth-order valence-electron chi connectivity index (χ4n) is 0.996. The van der Waals surface area contributed by atoms with E-state index in [1.807, 2.05) is 0 Å². The molecule has 0 aliphatic rings.